The first-order valence-corrected chi connectivity index (χ1v) is 5.96. The van der Waals surface area contributed by atoms with E-state index in [9.17, 15) is 5.11 Å². The van der Waals surface area contributed by atoms with Crippen molar-refractivity contribution in [3.8, 4) is 6.07 Å². The lowest BCUT2D eigenvalue weighted by Gasteiger charge is -2.22. The second-order valence-corrected chi connectivity index (χ2v) is 4.78. The monoisotopic (exact) mass is 231 g/mol. The zero-order valence-electron chi connectivity index (χ0n) is 10.0. The minimum atomic E-state index is -0.599. The van der Waals surface area contributed by atoms with Crippen LogP contribution in [0.1, 0.15) is 36.9 Å². The van der Waals surface area contributed by atoms with Crippen molar-refractivity contribution in [1.82, 2.24) is 4.98 Å². The quantitative estimate of drug-likeness (QED) is 0.834. The van der Waals surface area contributed by atoms with Gasteiger partial charge in [0.05, 0.1) is 17.2 Å². The molecule has 0 radical (unpaired) electrons. The first-order chi connectivity index (χ1) is 8.11. The molecule has 4 heteroatoms. The number of aliphatic hydroxyl groups is 1. The van der Waals surface area contributed by atoms with Gasteiger partial charge in [0.1, 0.15) is 5.82 Å². The second-order valence-electron chi connectivity index (χ2n) is 4.78. The molecule has 1 aliphatic carbocycles. The molecule has 0 aliphatic heterocycles. The number of hydrogen-bond donors (Lipinski definition) is 2. The SMILES string of the molecule is Cc1cc(C#N)cc(NCC2(O)CCCC2)n1. The molecule has 0 amide bonds. The minimum Gasteiger partial charge on any atom is -0.388 e. The molecule has 0 atom stereocenters. The Labute approximate surface area is 101 Å². The maximum Gasteiger partial charge on any atom is 0.127 e. The fourth-order valence-corrected chi connectivity index (χ4v) is 2.29. The maximum atomic E-state index is 10.2. The summed E-state index contributed by atoms with van der Waals surface area (Å²) < 4.78 is 0. The second kappa shape index (κ2) is 4.72. The topological polar surface area (TPSA) is 68.9 Å². The number of aromatic nitrogens is 1. The predicted octanol–water partition coefficient (Wildman–Crippen LogP) is 1.98. The van der Waals surface area contributed by atoms with Crippen LogP contribution >= 0.6 is 0 Å². The molecule has 0 bridgehead atoms. The fraction of sp³-hybridized carbons (Fsp3) is 0.538. The molecule has 1 aliphatic rings. The Morgan fingerprint density at radius 2 is 2.18 bits per heavy atom. The average Bonchev–Trinajstić information content (AvgIpc) is 2.73. The van der Waals surface area contributed by atoms with Gasteiger partial charge in [-0.05, 0) is 31.9 Å². The lowest BCUT2D eigenvalue weighted by atomic mass is 10.0. The largest absolute Gasteiger partial charge is 0.388 e. The normalized spacial score (nSPS) is 17.7. The van der Waals surface area contributed by atoms with E-state index in [1.54, 1.807) is 12.1 Å². The molecular weight excluding hydrogens is 214 g/mol. The van der Waals surface area contributed by atoms with E-state index in [1.165, 1.54) is 0 Å². The average molecular weight is 231 g/mol. The van der Waals surface area contributed by atoms with E-state index in [-0.39, 0.29) is 0 Å². The third-order valence-electron chi connectivity index (χ3n) is 3.22. The number of nitrogens with one attached hydrogen (secondary N) is 1. The summed E-state index contributed by atoms with van der Waals surface area (Å²) in [4.78, 5) is 4.30. The van der Waals surface area contributed by atoms with Gasteiger partial charge in [-0.15, -0.1) is 0 Å². The molecule has 0 aromatic carbocycles. The number of rotatable bonds is 3. The van der Waals surface area contributed by atoms with Crippen LogP contribution in [0.25, 0.3) is 0 Å². The summed E-state index contributed by atoms with van der Waals surface area (Å²) in [5.41, 5.74) is 0.807. The van der Waals surface area contributed by atoms with Crippen molar-refractivity contribution in [2.45, 2.75) is 38.2 Å². The summed E-state index contributed by atoms with van der Waals surface area (Å²) in [7, 11) is 0. The number of hydrogen-bond acceptors (Lipinski definition) is 4. The van der Waals surface area contributed by atoms with Crippen molar-refractivity contribution in [2.75, 3.05) is 11.9 Å². The van der Waals surface area contributed by atoms with Crippen LogP contribution in [-0.2, 0) is 0 Å². The fourth-order valence-electron chi connectivity index (χ4n) is 2.29. The molecule has 1 heterocycles. The molecule has 2 rings (SSSR count). The van der Waals surface area contributed by atoms with E-state index < -0.39 is 5.60 Å². The van der Waals surface area contributed by atoms with Crippen molar-refractivity contribution < 1.29 is 5.11 Å². The number of aryl methyl sites for hydroxylation is 1. The van der Waals surface area contributed by atoms with E-state index in [4.69, 9.17) is 5.26 Å². The van der Waals surface area contributed by atoms with Gasteiger partial charge in [0.25, 0.3) is 0 Å². The van der Waals surface area contributed by atoms with Gasteiger partial charge in [-0.1, -0.05) is 12.8 Å². The van der Waals surface area contributed by atoms with Crippen molar-refractivity contribution in [3.63, 3.8) is 0 Å². The molecule has 1 aromatic heterocycles. The maximum absolute atomic E-state index is 10.2. The Morgan fingerprint density at radius 3 is 2.82 bits per heavy atom. The third-order valence-corrected chi connectivity index (χ3v) is 3.22. The highest BCUT2D eigenvalue weighted by Crippen LogP contribution is 2.29. The molecular formula is C13H17N3O. The first-order valence-electron chi connectivity index (χ1n) is 5.96. The van der Waals surface area contributed by atoms with Crippen LogP contribution in [0.3, 0.4) is 0 Å². The molecule has 1 aromatic rings. The Kier molecular flexibility index (Phi) is 3.30. The lowest BCUT2D eigenvalue weighted by Crippen LogP contribution is -2.33. The highest BCUT2D eigenvalue weighted by Gasteiger charge is 2.30. The van der Waals surface area contributed by atoms with Crippen LogP contribution in [0.4, 0.5) is 5.82 Å². The van der Waals surface area contributed by atoms with E-state index in [0.717, 1.165) is 31.4 Å². The van der Waals surface area contributed by atoms with E-state index >= 15 is 0 Å². The van der Waals surface area contributed by atoms with Gasteiger partial charge in [0.2, 0.25) is 0 Å². The zero-order chi connectivity index (χ0) is 12.3. The van der Waals surface area contributed by atoms with Crippen LogP contribution in [0.2, 0.25) is 0 Å². The summed E-state index contributed by atoms with van der Waals surface area (Å²) in [5.74, 6) is 0.668. The molecule has 4 nitrogen and oxygen atoms in total. The molecule has 90 valence electrons. The molecule has 0 unspecified atom stereocenters. The van der Waals surface area contributed by atoms with Crippen LogP contribution < -0.4 is 5.32 Å². The highest BCUT2D eigenvalue weighted by atomic mass is 16.3. The number of pyridine rings is 1. The van der Waals surface area contributed by atoms with E-state index in [2.05, 4.69) is 16.4 Å². The third kappa shape index (κ3) is 2.95. The Balaban J connectivity index is 2.04. The standard InChI is InChI=1S/C13H17N3O/c1-10-6-11(8-14)7-12(16-10)15-9-13(17)4-2-3-5-13/h6-7,17H,2-5,9H2,1H3,(H,15,16). The van der Waals surface area contributed by atoms with Crippen LogP contribution in [0.5, 0.6) is 0 Å². The van der Waals surface area contributed by atoms with Crippen molar-refractivity contribution in [3.05, 3.63) is 23.4 Å². The summed E-state index contributed by atoms with van der Waals surface area (Å²) in [6.07, 6.45) is 3.86. The summed E-state index contributed by atoms with van der Waals surface area (Å²) in [6.45, 7) is 2.37. The smallest absolute Gasteiger partial charge is 0.127 e. The van der Waals surface area contributed by atoms with Gasteiger partial charge in [-0.25, -0.2) is 4.98 Å². The highest BCUT2D eigenvalue weighted by molar-refractivity contribution is 5.44. The van der Waals surface area contributed by atoms with Crippen LogP contribution in [0, 0.1) is 18.3 Å². The Bertz CT molecular complexity index is 444. The van der Waals surface area contributed by atoms with Gasteiger partial charge >= 0.3 is 0 Å². The molecule has 0 spiro atoms. The summed E-state index contributed by atoms with van der Waals surface area (Å²) in [5, 5.41) is 22.2. The lowest BCUT2D eigenvalue weighted by molar-refractivity contribution is 0.0614. The summed E-state index contributed by atoms with van der Waals surface area (Å²) >= 11 is 0. The van der Waals surface area contributed by atoms with Crippen molar-refractivity contribution in [2.24, 2.45) is 0 Å². The first kappa shape index (κ1) is 11.9. The molecule has 17 heavy (non-hydrogen) atoms. The van der Waals surface area contributed by atoms with Gasteiger partial charge in [0, 0.05) is 12.2 Å². The van der Waals surface area contributed by atoms with Crippen LogP contribution in [0.15, 0.2) is 12.1 Å². The number of nitriles is 1. The number of nitrogens with zero attached hydrogens (tertiary/aromatic N) is 2. The Morgan fingerprint density at radius 1 is 1.47 bits per heavy atom. The minimum absolute atomic E-state index is 0.508. The molecule has 0 saturated heterocycles. The van der Waals surface area contributed by atoms with Gasteiger partial charge in [-0.3, -0.25) is 0 Å². The number of anilines is 1. The Hall–Kier alpha value is -1.60. The molecule has 1 fully saturated rings. The molecule has 1 saturated carbocycles. The van der Waals surface area contributed by atoms with Crippen LogP contribution in [-0.4, -0.2) is 22.2 Å². The van der Waals surface area contributed by atoms with Gasteiger partial charge < -0.3 is 10.4 Å². The zero-order valence-corrected chi connectivity index (χ0v) is 10.0. The van der Waals surface area contributed by atoms with Crippen molar-refractivity contribution >= 4 is 5.82 Å². The van der Waals surface area contributed by atoms with E-state index in [1.807, 2.05) is 6.92 Å². The van der Waals surface area contributed by atoms with Gasteiger partial charge in [0.15, 0.2) is 0 Å². The van der Waals surface area contributed by atoms with E-state index in [0.29, 0.717) is 17.9 Å². The summed E-state index contributed by atoms with van der Waals surface area (Å²) in [6, 6.07) is 5.56. The van der Waals surface area contributed by atoms with Gasteiger partial charge in [-0.2, -0.15) is 5.26 Å². The molecule has 2 N–H and O–H groups in total. The van der Waals surface area contributed by atoms with Crippen molar-refractivity contribution in [1.29, 1.82) is 5.26 Å². The predicted molar refractivity (Wildman–Crippen MR) is 65.6 cm³/mol.